The van der Waals surface area contributed by atoms with Crippen molar-refractivity contribution in [1.82, 2.24) is 0 Å². The third-order valence-electron chi connectivity index (χ3n) is 4.47. The van der Waals surface area contributed by atoms with E-state index in [1.54, 1.807) is 34.6 Å². The molecule has 1 unspecified atom stereocenters. The van der Waals surface area contributed by atoms with Crippen LogP contribution in [0.4, 0.5) is 0 Å². The van der Waals surface area contributed by atoms with Crippen molar-refractivity contribution in [3.63, 3.8) is 0 Å². The van der Waals surface area contributed by atoms with E-state index in [1.807, 2.05) is 0 Å². The van der Waals surface area contributed by atoms with E-state index in [0.717, 1.165) is 32.1 Å². The maximum atomic E-state index is 12.8. The average Bonchev–Trinajstić information content (AvgIpc) is 2.44. The first-order valence-electron chi connectivity index (χ1n) is 9.21. The minimum absolute atomic E-state index is 0.208. The number of carbonyl (C=O) groups is 2. The molecule has 26 heavy (non-hydrogen) atoms. The van der Waals surface area contributed by atoms with Crippen molar-refractivity contribution in [3.8, 4) is 0 Å². The van der Waals surface area contributed by atoms with Crippen molar-refractivity contribution < 1.29 is 32.0 Å². The monoisotopic (exact) mass is 392 g/mol. The summed E-state index contributed by atoms with van der Waals surface area (Å²) < 4.78 is 41.8. The summed E-state index contributed by atoms with van der Waals surface area (Å²) in [7, 11) is -5.09. The van der Waals surface area contributed by atoms with Crippen molar-refractivity contribution >= 4 is 22.1 Å². The fraction of sp³-hybridized carbons (Fsp3) is 0.889. The molecule has 1 saturated carbocycles. The Morgan fingerprint density at radius 3 is 2.04 bits per heavy atom. The molecule has 0 saturated heterocycles. The third kappa shape index (κ3) is 5.94. The number of ether oxygens (including phenoxy) is 2. The SMILES string of the molecule is CC(C)OC(=O)C(CCC1CCCCC1)(C(=O)OC(C)(C)C)S(=O)(=O)O. The first kappa shape index (κ1) is 22.9. The highest BCUT2D eigenvalue weighted by Gasteiger charge is 2.60. The van der Waals surface area contributed by atoms with Gasteiger partial charge in [-0.25, -0.2) is 9.59 Å². The van der Waals surface area contributed by atoms with Crippen LogP contribution in [-0.4, -0.2) is 41.4 Å². The highest BCUT2D eigenvalue weighted by Crippen LogP contribution is 2.35. The van der Waals surface area contributed by atoms with E-state index in [0.29, 0.717) is 6.42 Å². The lowest BCUT2D eigenvalue weighted by Crippen LogP contribution is -2.56. The second-order valence-electron chi connectivity index (χ2n) is 8.30. The molecule has 8 heteroatoms. The van der Waals surface area contributed by atoms with Gasteiger partial charge >= 0.3 is 11.9 Å². The summed E-state index contributed by atoms with van der Waals surface area (Å²) in [5, 5.41) is 0. The second-order valence-corrected chi connectivity index (χ2v) is 9.95. The Balaban J connectivity index is 3.24. The molecule has 1 atom stereocenters. The molecule has 0 aromatic rings. The zero-order chi connectivity index (χ0) is 20.2. The lowest BCUT2D eigenvalue weighted by molar-refractivity contribution is -0.169. The molecule has 1 N–H and O–H groups in total. The molecule has 0 amide bonds. The molecule has 1 rings (SSSR count). The summed E-state index contributed by atoms with van der Waals surface area (Å²) in [6.07, 6.45) is 4.36. The molecule has 0 radical (unpaired) electrons. The van der Waals surface area contributed by atoms with Crippen molar-refractivity contribution in [2.75, 3.05) is 0 Å². The summed E-state index contributed by atoms with van der Waals surface area (Å²) in [5.74, 6) is -2.35. The fourth-order valence-corrected chi connectivity index (χ4v) is 4.07. The third-order valence-corrected chi connectivity index (χ3v) is 5.89. The van der Waals surface area contributed by atoms with Gasteiger partial charge in [0, 0.05) is 0 Å². The summed E-state index contributed by atoms with van der Waals surface area (Å²) in [6, 6.07) is 0. The molecule has 0 aromatic carbocycles. The van der Waals surface area contributed by atoms with Crippen molar-refractivity contribution in [2.24, 2.45) is 5.92 Å². The number of rotatable bonds is 7. The molecule has 0 heterocycles. The highest BCUT2D eigenvalue weighted by molar-refractivity contribution is 7.89. The average molecular weight is 393 g/mol. The van der Waals surface area contributed by atoms with Crippen molar-refractivity contribution in [3.05, 3.63) is 0 Å². The van der Waals surface area contributed by atoms with E-state index in [1.165, 1.54) is 0 Å². The predicted octanol–water partition coefficient (Wildman–Crippen LogP) is 3.27. The summed E-state index contributed by atoms with van der Waals surface area (Å²) in [5.41, 5.74) is -1.02. The van der Waals surface area contributed by atoms with Gasteiger partial charge in [0.15, 0.2) is 0 Å². The smallest absolute Gasteiger partial charge is 0.342 e. The van der Waals surface area contributed by atoms with Crippen LogP contribution in [0.5, 0.6) is 0 Å². The quantitative estimate of drug-likeness (QED) is 0.402. The molecule has 0 aliphatic heterocycles. The van der Waals surface area contributed by atoms with Crippen LogP contribution in [0, 0.1) is 5.92 Å². The van der Waals surface area contributed by atoms with Gasteiger partial charge in [-0.05, 0) is 53.4 Å². The van der Waals surface area contributed by atoms with E-state index >= 15 is 0 Å². The molecular formula is C18H32O7S. The summed E-state index contributed by atoms with van der Waals surface area (Å²) >= 11 is 0. The largest absolute Gasteiger partial charge is 0.461 e. The molecule has 152 valence electrons. The van der Waals surface area contributed by atoms with Crippen LogP contribution >= 0.6 is 0 Å². The number of hydrogen-bond donors (Lipinski definition) is 1. The van der Waals surface area contributed by atoms with E-state index in [4.69, 9.17) is 9.47 Å². The highest BCUT2D eigenvalue weighted by atomic mass is 32.2. The van der Waals surface area contributed by atoms with Crippen LogP contribution in [0.3, 0.4) is 0 Å². The van der Waals surface area contributed by atoms with E-state index in [2.05, 4.69) is 0 Å². The van der Waals surface area contributed by atoms with Gasteiger partial charge < -0.3 is 9.47 Å². The maximum Gasteiger partial charge on any atom is 0.342 e. The van der Waals surface area contributed by atoms with Crippen LogP contribution in [0.2, 0.25) is 0 Å². The van der Waals surface area contributed by atoms with Crippen LogP contribution in [-0.2, 0) is 29.2 Å². The topological polar surface area (TPSA) is 107 Å². The van der Waals surface area contributed by atoms with Crippen LogP contribution in [0.25, 0.3) is 0 Å². The zero-order valence-corrected chi connectivity index (χ0v) is 17.2. The molecule has 0 aromatic heterocycles. The normalized spacial score (nSPS) is 19.0. The summed E-state index contributed by atoms with van der Waals surface area (Å²) in [6.45, 7) is 7.78. The Labute approximate surface area is 156 Å². The lowest BCUT2D eigenvalue weighted by atomic mass is 9.84. The number of hydrogen-bond acceptors (Lipinski definition) is 6. The zero-order valence-electron chi connectivity index (χ0n) is 16.4. The molecule has 0 spiro atoms. The Morgan fingerprint density at radius 1 is 1.08 bits per heavy atom. The molecule has 7 nitrogen and oxygen atoms in total. The number of carbonyl (C=O) groups excluding carboxylic acids is 2. The first-order chi connectivity index (χ1) is 11.8. The van der Waals surface area contributed by atoms with E-state index in [-0.39, 0.29) is 12.3 Å². The molecule has 1 aliphatic carbocycles. The molecule has 1 aliphatic rings. The predicted molar refractivity (Wildman–Crippen MR) is 97.2 cm³/mol. The van der Waals surface area contributed by atoms with Gasteiger partial charge in [-0.3, -0.25) is 4.55 Å². The van der Waals surface area contributed by atoms with Crippen LogP contribution < -0.4 is 0 Å². The van der Waals surface area contributed by atoms with Gasteiger partial charge in [0.1, 0.15) is 5.60 Å². The number of esters is 2. The van der Waals surface area contributed by atoms with E-state index in [9.17, 15) is 22.6 Å². The Hall–Kier alpha value is -1.15. The van der Waals surface area contributed by atoms with Crippen LogP contribution in [0.1, 0.15) is 79.6 Å². The van der Waals surface area contributed by atoms with Crippen LogP contribution in [0.15, 0.2) is 0 Å². The minimum atomic E-state index is -5.09. The van der Waals surface area contributed by atoms with E-state index < -0.39 is 38.5 Å². The summed E-state index contributed by atoms with van der Waals surface area (Å²) in [4.78, 5) is 25.4. The first-order valence-corrected chi connectivity index (χ1v) is 10.6. The van der Waals surface area contributed by atoms with Gasteiger partial charge in [0.25, 0.3) is 14.9 Å². The Morgan fingerprint density at radius 2 is 1.62 bits per heavy atom. The minimum Gasteiger partial charge on any atom is -0.461 e. The van der Waals surface area contributed by atoms with Crippen molar-refractivity contribution in [1.29, 1.82) is 0 Å². The Kier molecular flexibility index (Phi) is 7.65. The van der Waals surface area contributed by atoms with Gasteiger partial charge in [0.05, 0.1) is 6.10 Å². The Bertz CT molecular complexity index is 598. The van der Waals surface area contributed by atoms with Gasteiger partial charge in [0.2, 0.25) is 0 Å². The van der Waals surface area contributed by atoms with Gasteiger partial charge in [-0.1, -0.05) is 32.1 Å². The molecule has 0 bridgehead atoms. The standard InChI is InChI=1S/C18H32O7S/c1-13(2)24-15(19)18(26(21,22)23,16(20)25-17(3,4)5)12-11-14-9-7-6-8-10-14/h13-14H,6-12H2,1-5H3,(H,21,22,23). The fourth-order valence-electron chi connectivity index (χ4n) is 3.18. The van der Waals surface area contributed by atoms with Gasteiger partial charge in [-0.15, -0.1) is 0 Å². The maximum absolute atomic E-state index is 12.8. The van der Waals surface area contributed by atoms with Gasteiger partial charge in [-0.2, -0.15) is 8.42 Å². The molecular weight excluding hydrogens is 360 g/mol. The molecule has 1 fully saturated rings. The van der Waals surface area contributed by atoms with Crippen molar-refractivity contribution in [2.45, 2.75) is 96.0 Å². The lowest BCUT2D eigenvalue weighted by Gasteiger charge is -2.32. The second kappa shape index (κ2) is 8.69.